The fraction of sp³-hybridized carbons (Fsp3) is 0.0714. The molecule has 1 heterocycles. The predicted octanol–water partition coefficient (Wildman–Crippen LogP) is 5.94. The zero-order valence-electron chi connectivity index (χ0n) is 17.5. The first-order valence-electron chi connectivity index (χ1n) is 10.7. The summed E-state index contributed by atoms with van der Waals surface area (Å²) in [7, 11) is 0. The van der Waals surface area contributed by atoms with E-state index in [1.54, 1.807) is 0 Å². The van der Waals surface area contributed by atoms with Crippen LogP contribution in [0.2, 0.25) is 0 Å². The van der Waals surface area contributed by atoms with Gasteiger partial charge in [0.2, 0.25) is 0 Å². The molecule has 5 rings (SSSR count). The molecule has 0 saturated heterocycles. The van der Waals surface area contributed by atoms with Crippen LogP contribution >= 0.6 is 0 Å². The molecule has 0 bridgehead atoms. The number of hydrogen-bond acceptors (Lipinski definition) is 2. The van der Waals surface area contributed by atoms with Gasteiger partial charge in [0.05, 0.1) is 17.1 Å². The van der Waals surface area contributed by atoms with Gasteiger partial charge in [0.15, 0.2) is 0 Å². The zero-order chi connectivity index (χ0) is 21.8. The number of nitrogens with one attached hydrogen (secondary N) is 2. The maximum atomic E-state index is 13.5. The molecule has 32 heavy (non-hydrogen) atoms. The molecule has 4 aromatic carbocycles. The van der Waals surface area contributed by atoms with Gasteiger partial charge in [-0.15, -0.1) is 0 Å². The highest BCUT2D eigenvalue weighted by molar-refractivity contribution is 6.01. The number of benzene rings is 4. The van der Waals surface area contributed by atoms with E-state index in [-0.39, 0.29) is 11.9 Å². The van der Waals surface area contributed by atoms with E-state index in [1.165, 1.54) is 0 Å². The smallest absolute Gasteiger partial charge is 0.252 e. The summed E-state index contributed by atoms with van der Waals surface area (Å²) in [6.45, 7) is 0. The molecule has 0 fully saturated rings. The Kier molecular flexibility index (Phi) is 5.50. The van der Waals surface area contributed by atoms with Crippen LogP contribution in [-0.2, 0) is 6.42 Å². The first-order valence-corrected chi connectivity index (χ1v) is 10.7. The number of imidazole rings is 1. The first-order chi connectivity index (χ1) is 15.8. The van der Waals surface area contributed by atoms with Gasteiger partial charge in [-0.25, -0.2) is 4.98 Å². The molecule has 0 radical (unpaired) electrons. The van der Waals surface area contributed by atoms with Gasteiger partial charge in [-0.1, -0.05) is 91.0 Å². The van der Waals surface area contributed by atoms with Crippen LogP contribution in [0.15, 0.2) is 109 Å². The number of fused-ring (bicyclic) bond motifs is 1. The number of aromatic amines is 1. The fourth-order valence-electron chi connectivity index (χ4n) is 3.99. The Morgan fingerprint density at radius 1 is 0.781 bits per heavy atom. The fourth-order valence-corrected chi connectivity index (χ4v) is 3.99. The van der Waals surface area contributed by atoms with Crippen molar-refractivity contribution in [3.8, 4) is 11.1 Å². The molecule has 4 heteroatoms. The largest absolute Gasteiger partial charge is 0.342 e. The Hall–Kier alpha value is -4.18. The van der Waals surface area contributed by atoms with Gasteiger partial charge >= 0.3 is 0 Å². The van der Waals surface area contributed by atoms with Crippen molar-refractivity contribution in [2.75, 3.05) is 0 Å². The number of carbonyl (C=O) groups excluding carboxylic acids is 1. The summed E-state index contributed by atoms with van der Waals surface area (Å²) < 4.78 is 0. The number of rotatable bonds is 6. The second kappa shape index (κ2) is 8.90. The molecule has 1 atom stereocenters. The van der Waals surface area contributed by atoms with Crippen molar-refractivity contribution in [1.82, 2.24) is 15.3 Å². The van der Waals surface area contributed by atoms with Crippen LogP contribution in [0.3, 0.4) is 0 Å². The molecule has 0 aliphatic heterocycles. The van der Waals surface area contributed by atoms with Crippen molar-refractivity contribution >= 4 is 16.9 Å². The lowest BCUT2D eigenvalue weighted by molar-refractivity contribution is 0.0935. The molecular formula is C28H23N3O. The van der Waals surface area contributed by atoms with E-state index >= 15 is 0 Å². The molecular weight excluding hydrogens is 394 g/mol. The van der Waals surface area contributed by atoms with Crippen molar-refractivity contribution < 1.29 is 4.79 Å². The molecule has 5 aromatic rings. The van der Waals surface area contributed by atoms with Gasteiger partial charge in [-0.05, 0) is 41.3 Å². The quantitative estimate of drug-likeness (QED) is 0.359. The summed E-state index contributed by atoms with van der Waals surface area (Å²) >= 11 is 0. The molecule has 0 aliphatic carbocycles. The van der Waals surface area contributed by atoms with E-state index in [0.717, 1.165) is 33.5 Å². The number of nitrogens with zero attached hydrogens (tertiary/aromatic N) is 1. The van der Waals surface area contributed by atoms with Gasteiger partial charge in [0.1, 0.15) is 5.82 Å². The lowest BCUT2D eigenvalue weighted by Crippen LogP contribution is -2.31. The molecule has 0 aliphatic rings. The summed E-state index contributed by atoms with van der Waals surface area (Å²) in [4.78, 5) is 21.6. The zero-order valence-corrected chi connectivity index (χ0v) is 17.5. The van der Waals surface area contributed by atoms with Crippen molar-refractivity contribution in [1.29, 1.82) is 0 Å². The van der Waals surface area contributed by atoms with Crippen LogP contribution in [-0.4, -0.2) is 15.9 Å². The maximum absolute atomic E-state index is 13.5. The SMILES string of the molecule is O=C(N[C@@H](Cc1ccccc1)c1nc2ccccc2[nH]1)c1ccccc1-c1ccccc1. The minimum absolute atomic E-state index is 0.120. The Morgan fingerprint density at radius 2 is 1.44 bits per heavy atom. The van der Waals surface area contributed by atoms with E-state index < -0.39 is 0 Å². The highest BCUT2D eigenvalue weighted by Gasteiger charge is 2.21. The number of aromatic nitrogens is 2. The number of para-hydroxylation sites is 2. The maximum Gasteiger partial charge on any atom is 0.252 e. The van der Waals surface area contributed by atoms with Crippen molar-refractivity contribution in [2.45, 2.75) is 12.5 Å². The van der Waals surface area contributed by atoms with Crippen LogP contribution in [0.25, 0.3) is 22.2 Å². The van der Waals surface area contributed by atoms with E-state index in [1.807, 2.05) is 97.1 Å². The van der Waals surface area contributed by atoms with Crippen LogP contribution in [0.1, 0.15) is 27.8 Å². The lowest BCUT2D eigenvalue weighted by Gasteiger charge is -2.18. The number of amides is 1. The van der Waals surface area contributed by atoms with Crippen LogP contribution < -0.4 is 5.32 Å². The van der Waals surface area contributed by atoms with Crippen LogP contribution in [0.4, 0.5) is 0 Å². The van der Waals surface area contributed by atoms with E-state index in [9.17, 15) is 4.79 Å². The Morgan fingerprint density at radius 3 is 2.22 bits per heavy atom. The van der Waals surface area contributed by atoms with Gasteiger partial charge in [0, 0.05) is 5.56 Å². The number of carbonyl (C=O) groups is 1. The summed E-state index contributed by atoms with van der Waals surface area (Å²) in [5.74, 6) is 0.631. The monoisotopic (exact) mass is 417 g/mol. The molecule has 0 saturated carbocycles. The molecule has 4 nitrogen and oxygen atoms in total. The Bertz CT molecular complexity index is 1310. The van der Waals surface area contributed by atoms with E-state index in [4.69, 9.17) is 4.98 Å². The van der Waals surface area contributed by atoms with E-state index in [2.05, 4.69) is 22.4 Å². The second-order valence-corrected chi connectivity index (χ2v) is 7.77. The Labute approximate surface area is 187 Å². The minimum atomic E-state index is -0.291. The second-order valence-electron chi connectivity index (χ2n) is 7.77. The third-order valence-corrected chi connectivity index (χ3v) is 5.58. The molecule has 2 N–H and O–H groups in total. The van der Waals surface area contributed by atoms with Crippen molar-refractivity contribution in [2.24, 2.45) is 0 Å². The Balaban J connectivity index is 1.50. The van der Waals surface area contributed by atoms with Crippen molar-refractivity contribution in [3.63, 3.8) is 0 Å². The molecule has 1 amide bonds. The third kappa shape index (κ3) is 4.16. The average molecular weight is 418 g/mol. The predicted molar refractivity (Wildman–Crippen MR) is 128 cm³/mol. The molecule has 1 aromatic heterocycles. The standard InChI is InChI=1S/C28H23N3O/c32-28(23-16-8-7-15-22(23)21-13-5-2-6-14-21)31-26(19-20-11-3-1-4-12-20)27-29-24-17-9-10-18-25(24)30-27/h1-18,26H,19H2,(H,29,30)(H,31,32)/t26-/m0/s1. The lowest BCUT2D eigenvalue weighted by atomic mass is 9.98. The summed E-state index contributed by atoms with van der Waals surface area (Å²) in [5, 5.41) is 3.24. The third-order valence-electron chi connectivity index (χ3n) is 5.58. The highest BCUT2D eigenvalue weighted by Crippen LogP contribution is 2.25. The summed E-state index contributed by atoms with van der Waals surface area (Å²) in [6, 6.07) is 35.5. The van der Waals surface area contributed by atoms with Gasteiger partial charge in [-0.2, -0.15) is 0 Å². The topological polar surface area (TPSA) is 57.8 Å². The van der Waals surface area contributed by atoms with Crippen LogP contribution in [0.5, 0.6) is 0 Å². The number of H-pyrrole nitrogens is 1. The van der Waals surface area contributed by atoms with Crippen LogP contribution in [0, 0.1) is 0 Å². The summed E-state index contributed by atoms with van der Waals surface area (Å²) in [5.41, 5.74) is 5.55. The van der Waals surface area contributed by atoms with Gasteiger partial charge in [-0.3, -0.25) is 4.79 Å². The minimum Gasteiger partial charge on any atom is -0.342 e. The number of hydrogen-bond donors (Lipinski definition) is 2. The van der Waals surface area contributed by atoms with Crippen molar-refractivity contribution in [3.05, 3.63) is 126 Å². The van der Waals surface area contributed by atoms with Gasteiger partial charge < -0.3 is 10.3 Å². The average Bonchev–Trinajstić information content (AvgIpc) is 3.29. The highest BCUT2D eigenvalue weighted by atomic mass is 16.1. The van der Waals surface area contributed by atoms with E-state index in [0.29, 0.717) is 12.0 Å². The van der Waals surface area contributed by atoms with Gasteiger partial charge in [0.25, 0.3) is 5.91 Å². The summed E-state index contributed by atoms with van der Waals surface area (Å²) in [6.07, 6.45) is 0.639. The molecule has 0 unspecified atom stereocenters. The first kappa shape index (κ1) is 19.8. The molecule has 156 valence electrons. The normalized spacial score (nSPS) is 11.9. The molecule has 0 spiro atoms.